The monoisotopic (exact) mass is 234 g/mol. The van der Waals surface area contributed by atoms with Gasteiger partial charge in [-0.3, -0.25) is 4.79 Å². The maximum Gasteiger partial charge on any atom is 0.303 e. The van der Waals surface area contributed by atoms with Crippen LogP contribution in [-0.2, 0) is 4.79 Å². The van der Waals surface area contributed by atoms with Gasteiger partial charge in [-0.15, -0.1) is 0 Å². The fourth-order valence-electron chi connectivity index (χ4n) is 2.57. The third kappa shape index (κ3) is 2.60. The van der Waals surface area contributed by atoms with E-state index in [2.05, 4.69) is 12.1 Å². The molecule has 1 atom stereocenters. The van der Waals surface area contributed by atoms with E-state index in [1.807, 2.05) is 13.8 Å². The van der Waals surface area contributed by atoms with Gasteiger partial charge in [-0.2, -0.15) is 0 Å². The molecule has 3 nitrogen and oxygen atoms in total. The second-order valence-electron chi connectivity index (χ2n) is 4.79. The van der Waals surface area contributed by atoms with E-state index < -0.39 is 5.97 Å². The Morgan fingerprint density at radius 3 is 2.94 bits per heavy atom. The van der Waals surface area contributed by atoms with Crippen LogP contribution in [0, 0.1) is 13.8 Å². The van der Waals surface area contributed by atoms with E-state index in [-0.39, 0.29) is 12.3 Å². The molecule has 2 rings (SSSR count). The number of aliphatic carboxylic acids is 1. The van der Waals surface area contributed by atoms with Crippen LogP contribution in [0.2, 0.25) is 0 Å². The number of hydrogen-bond donors (Lipinski definition) is 1. The van der Waals surface area contributed by atoms with Crippen LogP contribution >= 0.6 is 0 Å². The molecule has 17 heavy (non-hydrogen) atoms. The first-order chi connectivity index (χ1) is 8.08. The van der Waals surface area contributed by atoms with Crippen LogP contribution < -0.4 is 4.74 Å². The van der Waals surface area contributed by atoms with Crippen molar-refractivity contribution in [1.82, 2.24) is 0 Å². The Morgan fingerprint density at radius 1 is 1.47 bits per heavy atom. The number of carboxylic acids is 1. The Kier molecular flexibility index (Phi) is 3.36. The Hall–Kier alpha value is -1.51. The van der Waals surface area contributed by atoms with Crippen LogP contribution in [-0.4, -0.2) is 17.7 Å². The van der Waals surface area contributed by atoms with Crippen molar-refractivity contribution in [2.24, 2.45) is 0 Å². The standard InChI is InChI=1S/C14H18O3/c1-9-6-10(2)14-12(7-9)11(8-13(15)16)4-3-5-17-14/h6-7,11H,3-5,8H2,1-2H3,(H,15,16). The van der Waals surface area contributed by atoms with Gasteiger partial charge in [0.05, 0.1) is 13.0 Å². The molecule has 92 valence electrons. The number of hydrogen-bond acceptors (Lipinski definition) is 2. The molecule has 0 spiro atoms. The summed E-state index contributed by atoms with van der Waals surface area (Å²) in [5.41, 5.74) is 3.35. The van der Waals surface area contributed by atoms with Crippen molar-refractivity contribution >= 4 is 5.97 Å². The van der Waals surface area contributed by atoms with Crippen molar-refractivity contribution in [2.45, 2.75) is 39.0 Å². The lowest BCUT2D eigenvalue weighted by Crippen LogP contribution is -2.06. The molecule has 3 heteroatoms. The lowest BCUT2D eigenvalue weighted by molar-refractivity contribution is -0.137. The third-order valence-corrected chi connectivity index (χ3v) is 3.25. The number of ether oxygens (including phenoxy) is 1. The summed E-state index contributed by atoms with van der Waals surface area (Å²) >= 11 is 0. The molecular weight excluding hydrogens is 216 g/mol. The Morgan fingerprint density at radius 2 is 2.24 bits per heavy atom. The molecule has 1 aliphatic heterocycles. The zero-order chi connectivity index (χ0) is 12.4. The minimum Gasteiger partial charge on any atom is -0.493 e. The average Bonchev–Trinajstić information content (AvgIpc) is 2.41. The molecule has 1 heterocycles. The summed E-state index contributed by atoms with van der Waals surface area (Å²) in [6.45, 7) is 4.75. The van der Waals surface area contributed by atoms with E-state index >= 15 is 0 Å². The van der Waals surface area contributed by atoms with Gasteiger partial charge in [-0.05, 0) is 43.7 Å². The maximum absolute atomic E-state index is 10.9. The molecule has 1 aromatic carbocycles. The number of carbonyl (C=O) groups is 1. The quantitative estimate of drug-likeness (QED) is 0.855. The van der Waals surface area contributed by atoms with Gasteiger partial charge in [0, 0.05) is 0 Å². The van der Waals surface area contributed by atoms with Crippen molar-refractivity contribution in [2.75, 3.05) is 6.61 Å². The van der Waals surface area contributed by atoms with Gasteiger partial charge in [0.15, 0.2) is 0 Å². The van der Waals surface area contributed by atoms with E-state index in [1.165, 1.54) is 5.56 Å². The van der Waals surface area contributed by atoms with Crippen LogP contribution in [0.5, 0.6) is 5.75 Å². The molecule has 1 unspecified atom stereocenters. The van der Waals surface area contributed by atoms with E-state index in [9.17, 15) is 4.79 Å². The fraction of sp³-hybridized carbons (Fsp3) is 0.500. The molecular formula is C14H18O3. The van der Waals surface area contributed by atoms with Gasteiger partial charge in [0.2, 0.25) is 0 Å². The zero-order valence-electron chi connectivity index (χ0n) is 10.3. The summed E-state index contributed by atoms with van der Waals surface area (Å²) in [6.07, 6.45) is 2.01. The van der Waals surface area contributed by atoms with Crippen molar-refractivity contribution in [3.05, 3.63) is 28.8 Å². The Labute approximate surface area is 101 Å². The lowest BCUT2D eigenvalue weighted by Gasteiger charge is -2.17. The fourth-order valence-corrected chi connectivity index (χ4v) is 2.57. The van der Waals surface area contributed by atoms with Crippen LogP contribution in [0.4, 0.5) is 0 Å². The van der Waals surface area contributed by atoms with Gasteiger partial charge in [-0.25, -0.2) is 0 Å². The van der Waals surface area contributed by atoms with Crippen LogP contribution in [0.25, 0.3) is 0 Å². The number of fused-ring (bicyclic) bond motifs is 1. The molecule has 0 saturated heterocycles. The Bertz CT molecular complexity index is 437. The summed E-state index contributed by atoms with van der Waals surface area (Å²) in [5.74, 6) is 0.255. The molecule has 1 aliphatic rings. The van der Waals surface area contributed by atoms with Gasteiger partial charge < -0.3 is 9.84 Å². The minimum absolute atomic E-state index is 0.0867. The molecule has 0 fully saturated rings. The maximum atomic E-state index is 10.9. The van der Waals surface area contributed by atoms with Crippen molar-refractivity contribution in [3.63, 3.8) is 0 Å². The molecule has 0 bridgehead atoms. The van der Waals surface area contributed by atoms with E-state index in [0.29, 0.717) is 6.61 Å². The second-order valence-corrected chi connectivity index (χ2v) is 4.79. The minimum atomic E-state index is -0.734. The van der Waals surface area contributed by atoms with Gasteiger partial charge in [0.25, 0.3) is 0 Å². The highest BCUT2D eigenvalue weighted by molar-refractivity contribution is 5.68. The lowest BCUT2D eigenvalue weighted by atomic mass is 9.89. The zero-order valence-corrected chi connectivity index (χ0v) is 10.3. The number of rotatable bonds is 2. The first-order valence-corrected chi connectivity index (χ1v) is 6.03. The van der Waals surface area contributed by atoms with E-state index in [0.717, 1.165) is 29.7 Å². The summed E-state index contributed by atoms with van der Waals surface area (Å²) < 4.78 is 5.75. The molecule has 0 amide bonds. The molecule has 1 aromatic rings. The summed E-state index contributed by atoms with van der Waals surface area (Å²) in [5, 5.41) is 8.98. The molecule has 0 saturated carbocycles. The molecule has 0 aromatic heterocycles. The van der Waals surface area contributed by atoms with Gasteiger partial charge >= 0.3 is 5.97 Å². The highest BCUT2D eigenvalue weighted by atomic mass is 16.5. The first kappa shape index (κ1) is 12.0. The van der Waals surface area contributed by atoms with Crippen LogP contribution in [0.15, 0.2) is 12.1 Å². The van der Waals surface area contributed by atoms with Crippen molar-refractivity contribution < 1.29 is 14.6 Å². The van der Waals surface area contributed by atoms with Gasteiger partial charge in [-0.1, -0.05) is 17.7 Å². The normalized spacial score (nSPS) is 19.1. The summed E-state index contributed by atoms with van der Waals surface area (Å²) in [7, 11) is 0. The van der Waals surface area contributed by atoms with E-state index in [4.69, 9.17) is 9.84 Å². The number of aryl methyl sites for hydroxylation is 2. The smallest absolute Gasteiger partial charge is 0.303 e. The van der Waals surface area contributed by atoms with Crippen LogP contribution in [0.1, 0.15) is 41.9 Å². The average molecular weight is 234 g/mol. The molecule has 0 radical (unpaired) electrons. The largest absolute Gasteiger partial charge is 0.493 e. The van der Waals surface area contributed by atoms with Crippen molar-refractivity contribution in [3.8, 4) is 5.75 Å². The number of benzene rings is 1. The highest BCUT2D eigenvalue weighted by Crippen LogP contribution is 2.38. The van der Waals surface area contributed by atoms with Crippen molar-refractivity contribution in [1.29, 1.82) is 0 Å². The van der Waals surface area contributed by atoms with E-state index in [1.54, 1.807) is 0 Å². The third-order valence-electron chi connectivity index (χ3n) is 3.25. The predicted molar refractivity (Wildman–Crippen MR) is 65.6 cm³/mol. The molecule has 0 aliphatic carbocycles. The molecule has 1 N–H and O–H groups in total. The Balaban J connectivity index is 2.43. The van der Waals surface area contributed by atoms with Crippen LogP contribution in [0.3, 0.4) is 0 Å². The highest BCUT2D eigenvalue weighted by Gasteiger charge is 2.23. The second kappa shape index (κ2) is 4.78. The van der Waals surface area contributed by atoms with Gasteiger partial charge in [0.1, 0.15) is 5.75 Å². The first-order valence-electron chi connectivity index (χ1n) is 6.03. The summed E-state index contributed by atoms with van der Waals surface area (Å²) in [4.78, 5) is 10.9. The summed E-state index contributed by atoms with van der Waals surface area (Å²) in [6, 6.07) is 4.16. The topological polar surface area (TPSA) is 46.5 Å². The number of carboxylic acid groups (broad SMARTS) is 1. The predicted octanol–water partition coefficient (Wildman–Crippen LogP) is 3.03. The SMILES string of the molecule is Cc1cc(C)c2c(c1)C(CC(=O)O)CCCO2.